The third-order valence-electron chi connectivity index (χ3n) is 1.96. The molecule has 0 aliphatic heterocycles. The second kappa shape index (κ2) is 13.9. The average Bonchev–Trinajstić information content (AvgIpc) is 1.97. The Morgan fingerprint density at radius 2 is 0.818 bits per heavy atom. The monoisotopic (exact) mass is 282 g/mol. The molecule has 0 spiro atoms. The van der Waals surface area contributed by atoms with Gasteiger partial charge in [-0.1, -0.05) is 65.2 Å². The van der Waals surface area contributed by atoms with Crippen molar-refractivity contribution in [3.05, 3.63) is 0 Å². The summed E-state index contributed by atoms with van der Waals surface area (Å²) >= 11 is 0. The molecule has 0 atom stereocenters. The summed E-state index contributed by atoms with van der Waals surface area (Å²) < 4.78 is 0. The van der Waals surface area contributed by atoms with Crippen LogP contribution in [0, 0.1) is 41.7 Å². The summed E-state index contributed by atoms with van der Waals surface area (Å²) in [5.41, 5.74) is 0. The summed E-state index contributed by atoms with van der Waals surface area (Å²) in [6, 6.07) is 0. The van der Waals surface area contributed by atoms with E-state index in [-0.39, 0.29) is 41.7 Å². The molecule has 1 heteroatoms. The van der Waals surface area contributed by atoms with E-state index in [2.05, 4.69) is 13.8 Å². The molecule has 11 heavy (non-hydrogen) atoms. The quantitative estimate of drug-likeness (QED) is 0.615. The molecule has 0 rings (SSSR count). The molecule has 0 aromatic heterocycles. The first-order valence-corrected chi connectivity index (χ1v) is 4.91. The van der Waals surface area contributed by atoms with Gasteiger partial charge in [-0.3, -0.25) is 0 Å². The number of unbranched alkanes of at least 4 members (excludes halogenated alkanes) is 7. The first-order chi connectivity index (χ1) is 4.91. The number of hydrogen-bond donors (Lipinski definition) is 0. The molecule has 0 bridgehead atoms. The molecule has 0 saturated heterocycles. The van der Waals surface area contributed by atoms with Crippen LogP contribution in [0.1, 0.15) is 65.2 Å². The van der Waals surface area contributed by atoms with Gasteiger partial charge in [0.05, 0.1) is 0 Å². The van der Waals surface area contributed by atoms with Crippen LogP contribution in [0.2, 0.25) is 0 Å². The van der Waals surface area contributed by atoms with Gasteiger partial charge in [-0.2, -0.15) is 0 Å². The van der Waals surface area contributed by atoms with E-state index in [1.54, 1.807) is 0 Å². The Kier molecular flexibility index (Phi) is 18.8. The third-order valence-corrected chi connectivity index (χ3v) is 1.96. The molecule has 0 heterocycles. The molecule has 66 valence electrons. The van der Waals surface area contributed by atoms with E-state index in [1.807, 2.05) is 0 Å². The van der Waals surface area contributed by atoms with Gasteiger partial charge >= 0.3 is 0 Å². The zero-order valence-corrected chi connectivity index (χ0v) is 11.3. The van der Waals surface area contributed by atoms with Gasteiger partial charge in [0.25, 0.3) is 0 Å². The van der Waals surface area contributed by atoms with Crippen molar-refractivity contribution in [2.75, 3.05) is 0 Å². The summed E-state index contributed by atoms with van der Waals surface area (Å²) in [5, 5.41) is 0. The maximum absolute atomic E-state index is 2.27. The van der Waals surface area contributed by atoms with E-state index in [9.17, 15) is 0 Å². The fourth-order valence-electron chi connectivity index (χ4n) is 1.21. The van der Waals surface area contributed by atoms with Crippen molar-refractivity contribution in [2.24, 2.45) is 0 Å². The van der Waals surface area contributed by atoms with Crippen LogP contribution >= 0.6 is 0 Å². The fraction of sp³-hybridized carbons (Fsp3) is 1.00. The molecule has 0 N–H and O–H groups in total. The predicted molar refractivity (Wildman–Crippen MR) is 48.3 cm³/mol. The topological polar surface area (TPSA) is 0 Å². The van der Waals surface area contributed by atoms with Crippen molar-refractivity contribution >= 4 is 0 Å². The van der Waals surface area contributed by atoms with E-state index in [1.165, 1.54) is 51.4 Å². The van der Waals surface area contributed by atoms with Gasteiger partial charge < -0.3 is 0 Å². The van der Waals surface area contributed by atoms with Gasteiger partial charge in [-0.05, 0) is 0 Å². The van der Waals surface area contributed by atoms with Gasteiger partial charge in [-0.15, -0.1) is 0 Å². The van der Waals surface area contributed by atoms with Gasteiger partial charge in [-0.25, -0.2) is 0 Å². The molecular weight excluding hydrogens is 260 g/mol. The van der Waals surface area contributed by atoms with Crippen molar-refractivity contribution in [1.29, 1.82) is 0 Å². The molecule has 0 unspecified atom stereocenters. The van der Waals surface area contributed by atoms with Crippen molar-refractivity contribution in [3.63, 3.8) is 0 Å². The van der Waals surface area contributed by atoms with E-state index >= 15 is 0 Å². The summed E-state index contributed by atoms with van der Waals surface area (Å²) in [6.45, 7) is 4.54. The second-order valence-electron chi connectivity index (χ2n) is 3.12. The summed E-state index contributed by atoms with van der Waals surface area (Å²) in [5.74, 6) is 0. The molecule has 0 aliphatic rings. The Hall–Kier alpha value is 1.38. The van der Waals surface area contributed by atoms with Crippen LogP contribution < -0.4 is 0 Å². The smallest absolute Gasteiger partial charge is 0 e. The molecule has 0 aromatic rings. The summed E-state index contributed by atoms with van der Waals surface area (Å²) in [6.07, 6.45) is 11.5. The molecular formula is C10H22Ce. The standard InChI is InChI=1S/C10H22.Ce/c1-3-5-7-9-10-8-6-4-2;/h3-10H2,1-2H3;. The minimum Gasteiger partial charge on any atom is -0.0654 e. The average molecular weight is 282 g/mol. The van der Waals surface area contributed by atoms with Crippen LogP contribution in [0.4, 0.5) is 0 Å². The molecule has 0 nitrogen and oxygen atoms in total. The van der Waals surface area contributed by atoms with Crippen LogP contribution in [0.25, 0.3) is 0 Å². The molecule has 0 aliphatic carbocycles. The van der Waals surface area contributed by atoms with Crippen LogP contribution in [-0.4, -0.2) is 0 Å². The minimum atomic E-state index is 0. The third kappa shape index (κ3) is 14.3. The molecule has 0 saturated carbocycles. The largest absolute Gasteiger partial charge is 0.0654 e. The molecule has 0 radical (unpaired) electrons. The van der Waals surface area contributed by atoms with Crippen LogP contribution in [0.15, 0.2) is 0 Å². The van der Waals surface area contributed by atoms with Gasteiger partial charge in [0.15, 0.2) is 0 Å². The van der Waals surface area contributed by atoms with Crippen LogP contribution in [0.5, 0.6) is 0 Å². The number of hydrogen-bond acceptors (Lipinski definition) is 0. The summed E-state index contributed by atoms with van der Waals surface area (Å²) in [7, 11) is 0. The SMILES string of the molecule is CCCCCCCCCC.[Ce]. The predicted octanol–water partition coefficient (Wildman–Crippen LogP) is 4.15. The molecule has 0 fully saturated rings. The fourth-order valence-corrected chi connectivity index (χ4v) is 1.21. The van der Waals surface area contributed by atoms with E-state index in [4.69, 9.17) is 0 Å². The van der Waals surface area contributed by atoms with Crippen molar-refractivity contribution in [2.45, 2.75) is 65.2 Å². The maximum atomic E-state index is 2.27. The Morgan fingerprint density at radius 3 is 1.09 bits per heavy atom. The Morgan fingerprint density at radius 1 is 0.545 bits per heavy atom. The molecule has 0 aromatic carbocycles. The first kappa shape index (κ1) is 14.9. The Balaban J connectivity index is 0. The normalized spacial score (nSPS) is 9.27. The van der Waals surface area contributed by atoms with E-state index in [0.717, 1.165) is 0 Å². The van der Waals surface area contributed by atoms with Crippen LogP contribution in [-0.2, 0) is 0 Å². The van der Waals surface area contributed by atoms with Gasteiger partial charge in [0.1, 0.15) is 0 Å². The van der Waals surface area contributed by atoms with E-state index < -0.39 is 0 Å². The van der Waals surface area contributed by atoms with Crippen molar-refractivity contribution in [3.8, 4) is 0 Å². The maximum Gasteiger partial charge on any atom is 0 e. The first-order valence-electron chi connectivity index (χ1n) is 4.91. The zero-order valence-electron chi connectivity index (χ0n) is 8.16. The number of rotatable bonds is 7. The molecule has 0 amide bonds. The Labute approximate surface area is 106 Å². The second-order valence-corrected chi connectivity index (χ2v) is 3.12. The van der Waals surface area contributed by atoms with Crippen molar-refractivity contribution < 1.29 is 41.7 Å². The van der Waals surface area contributed by atoms with Crippen LogP contribution in [0.3, 0.4) is 0 Å². The Bertz CT molecular complexity index is 44.8. The van der Waals surface area contributed by atoms with Gasteiger partial charge in [0.2, 0.25) is 0 Å². The van der Waals surface area contributed by atoms with Crippen molar-refractivity contribution in [1.82, 2.24) is 0 Å². The van der Waals surface area contributed by atoms with E-state index in [0.29, 0.717) is 0 Å². The minimum absolute atomic E-state index is 0. The zero-order chi connectivity index (χ0) is 7.66. The van der Waals surface area contributed by atoms with Gasteiger partial charge in [0, 0.05) is 41.7 Å². The summed E-state index contributed by atoms with van der Waals surface area (Å²) in [4.78, 5) is 0.